The molecule has 0 amide bonds. The molecule has 1 atom stereocenters. The van der Waals surface area contributed by atoms with Crippen molar-refractivity contribution in [2.75, 3.05) is 13.7 Å². The van der Waals surface area contributed by atoms with Crippen LogP contribution in [0, 0.1) is 25.2 Å². The van der Waals surface area contributed by atoms with Gasteiger partial charge in [0, 0.05) is 5.56 Å². The van der Waals surface area contributed by atoms with E-state index in [1.165, 1.54) is 11.1 Å². The van der Waals surface area contributed by atoms with Gasteiger partial charge in [-0.3, -0.25) is 0 Å². The maximum Gasteiger partial charge on any atom is 0.123 e. The second kappa shape index (κ2) is 8.24. The van der Waals surface area contributed by atoms with Crippen molar-refractivity contribution in [3.05, 3.63) is 59.2 Å². The van der Waals surface area contributed by atoms with Gasteiger partial charge in [0.25, 0.3) is 0 Å². The van der Waals surface area contributed by atoms with E-state index in [0.29, 0.717) is 6.61 Å². The van der Waals surface area contributed by atoms with Gasteiger partial charge < -0.3 is 9.47 Å². The molecule has 2 aromatic rings. The van der Waals surface area contributed by atoms with Crippen molar-refractivity contribution in [3.63, 3.8) is 0 Å². The van der Waals surface area contributed by atoms with Crippen LogP contribution in [0.4, 0.5) is 0 Å². The molecule has 3 nitrogen and oxygen atoms in total. The molecular formula is C20H23NO2. The van der Waals surface area contributed by atoms with Crippen molar-refractivity contribution in [2.24, 2.45) is 0 Å². The maximum absolute atomic E-state index is 9.44. The van der Waals surface area contributed by atoms with Crippen molar-refractivity contribution in [1.82, 2.24) is 0 Å². The van der Waals surface area contributed by atoms with E-state index >= 15 is 0 Å². The largest absolute Gasteiger partial charge is 0.496 e. The molecule has 0 fully saturated rings. The number of aryl methyl sites for hydroxylation is 2. The Morgan fingerprint density at radius 1 is 1.09 bits per heavy atom. The van der Waals surface area contributed by atoms with Crippen LogP contribution in [0.15, 0.2) is 42.5 Å². The topological polar surface area (TPSA) is 42.2 Å². The van der Waals surface area contributed by atoms with E-state index in [1.807, 2.05) is 30.3 Å². The van der Waals surface area contributed by atoms with Crippen LogP contribution >= 0.6 is 0 Å². The average Bonchev–Trinajstić information content (AvgIpc) is 2.58. The highest BCUT2D eigenvalue weighted by Gasteiger charge is 2.14. The molecule has 0 aliphatic rings. The second-order valence-electron chi connectivity index (χ2n) is 5.66. The molecule has 23 heavy (non-hydrogen) atoms. The number of hydrogen-bond donors (Lipinski definition) is 0. The van der Waals surface area contributed by atoms with E-state index in [1.54, 1.807) is 7.11 Å². The first-order valence-corrected chi connectivity index (χ1v) is 7.88. The summed E-state index contributed by atoms with van der Waals surface area (Å²) in [5, 5.41) is 9.44. The Labute approximate surface area is 138 Å². The van der Waals surface area contributed by atoms with Crippen LogP contribution < -0.4 is 9.47 Å². The first-order valence-electron chi connectivity index (χ1n) is 7.88. The smallest absolute Gasteiger partial charge is 0.123 e. The number of nitrogens with zero attached hydrogens (tertiary/aromatic N) is 1. The number of ether oxygens (including phenoxy) is 2. The van der Waals surface area contributed by atoms with E-state index in [0.717, 1.165) is 29.9 Å². The molecule has 0 aromatic heterocycles. The lowest BCUT2D eigenvalue weighted by Gasteiger charge is -2.14. The van der Waals surface area contributed by atoms with Gasteiger partial charge in [0.2, 0.25) is 0 Å². The summed E-state index contributed by atoms with van der Waals surface area (Å²) >= 11 is 0. The van der Waals surface area contributed by atoms with Crippen molar-refractivity contribution in [2.45, 2.75) is 32.6 Å². The SMILES string of the molecule is COc1ccccc1C(C#N)CCCOc1ccc(C)c(C)c1. The molecule has 0 radical (unpaired) electrons. The predicted octanol–water partition coefficient (Wildman–Crippen LogP) is 4.78. The molecule has 0 aliphatic heterocycles. The molecule has 0 saturated carbocycles. The zero-order valence-electron chi connectivity index (χ0n) is 14.0. The summed E-state index contributed by atoms with van der Waals surface area (Å²) in [6.45, 7) is 4.77. The van der Waals surface area contributed by atoms with E-state index in [4.69, 9.17) is 9.47 Å². The van der Waals surface area contributed by atoms with Gasteiger partial charge in [-0.25, -0.2) is 0 Å². The molecule has 2 rings (SSSR count). The number of methoxy groups -OCH3 is 1. The zero-order chi connectivity index (χ0) is 16.7. The Hall–Kier alpha value is -2.47. The lowest BCUT2D eigenvalue weighted by Crippen LogP contribution is -2.03. The van der Waals surface area contributed by atoms with Gasteiger partial charge in [-0.1, -0.05) is 24.3 Å². The molecule has 3 heteroatoms. The monoisotopic (exact) mass is 309 g/mol. The van der Waals surface area contributed by atoms with E-state index in [-0.39, 0.29) is 5.92 Å². The maximum atomic E-state index is 9.44. The third-order valence-electron chi connectivity index (χ3n) is 4.05. The quantitative estimate of drug-likeness (QED) is 0.691. The van der Waals surface area contributed by atoms with E-state index in [9.17, 15) is 5.26 Å². The molecule has 0 saturated heterocycles. The van der Waals surface area contributed by atoms with Gasteiger partial charge in [-0.05, 0) is 56.0 Å². The predicted molar refractivity (Wildman–Crippen MR) is 92.0 cm³/mol. The Morgan fingerprint density at radius 2 is 1.87 bits per heavy atom. The first-order chi connectivity index (χ1) is 11.2. The Bertz CT molecular complexity index is 688. The number of benzene rings is 2. The van der Waals surface area contributed by atoms with E-state index in [2.05, 4.69) is 32.0 Å². The van der Waals surface area contributed by atoms with Crippen LogP contribution in [0.25, 0.3) is 0 Å². The summed E-state index contributed by atoms with van der Waals surface area (Å²) in [6, 6.07) is 16.2. The molecular weight excluding hydrogens is 286 g/mol. The van der Waals surface area contributed by atoms with Crippen LogP contribution in [0.2, 0.25) is 0 Å². The van der Waals surface area contributed by atoms with Crippen LogP contribution in [-0.2, 0) is 0 Å². The molecule has 1 unspecified atom stereocenters. The van der Waals surface area contributed by atoms with Crippen LogP contribution in [0.1, 0.15) is 35.4 Å². The van der Waals surface area contributed by atoms with Gasteiger partial charge in [0.15, 0.2) is 0 Å². The summed E-state index contributed by atoms with van der Waals surface area (Å²) in [7, 11) is 1.64. The molecule has 0 aliphatic carbocycles. The van der Waals surface area contributed by atoms with Crippen LogP contribution in [-0.4, -0.2) is 13.7 Å². The average molecular weight is 309 g/mol. The van der Waals surface area contributed by atoms with Crippen molar-refractivity contribution in [3.8, 4) is 17.6 Å². The molecule has 120 valence electrons. The third-order valence-corrected chi connectivity index (χ3v) is 4.05. The minimum Gasteiger partial charge on any atom is -0.496 e. The van der Waals surface area contributed by atoms with Gasteiger partial charge in [-0.2, -0.15) is 5.26 Å². The number of rotatable bonds is 7. The van der Waals surface area contributed by atoms with Crippen molar-refractivity contribution >= 4 is 0 Å². The highest BCUT2D eigenvalue weighted by Crippen LogP contribution is 2.29. The van der Waals surface area contributed by atoms with Gasteiger partial charge in [-0.15, -0.1) is 0 Å². The standard InChI is InChI=1S/C20H23NO2/c1-15-10-11-18(13-16(15)2)23-12-6-7-17(14-21)19-8-4-5-9-20(19)22-3/h4-5,8-11,13,17H,6-7,12H2,1-3H3. The summed E-state index contributed by atoms with van der Waals surface area (Å²) in [5.41, 5.74) is 3.44. The molecule has 0 bridgehead atoms. The number of hydrogen-bond acceptors (Lipinski definition) is 3. The minimum atomic E-state index is -0.172. The summed E-state index contributed by atoms with van der Waals surface area (Å²) in [4.78, 5) is 0. The number of nitriles is 1. The molecule has 0 spiro atoms. The summed E-state index contributed by atoms with van der Waals surface area (Å²) in [5.74, 6) is 1.49. The van der Waals surface area contributed by atoms with Gasteiger partial charge in [0.05, 0.1) is 25.7 Å². The highest BCUT2D eigenvalue weighted by atomic mass is 16.5. The fourth-order valence-corrected chi connectivity index (χ4v) is 2.53. The fourth-order valence-electron chi connectivity index (χ4n) is 2.53. The minimum absolute atomic E-state index is 0.172. The first kappa shape index (κ1) is 16.9. The van der Waals surface area contributed by atoms with Gasteiger partial charge in [0.1, 0.15) is 11.5 Å². The Kier molecular flexibility index (Phi) is 6.05. The second-order valence-corrected chi connectivity index (χ2v) is 5.66. The highest BCUT2D eigenvalue weighted by molar-refractivity contribution is 5.39. The zero-order valence-corrected chi connectivity index (χ0v) is 14.0. The number of para-hydroxylation sites is 1. The molecule has 2 aromatic carbocycles. The third kappa shape index (κ3) is 4.50. The molecule has 0 N–H and O–H groups in total. The van der Waals surface area contributed by atoms with Crippen molar-refractivity contribution < 1.29 is 9.47 Å². The Balaban J connectivity index is 1.89. The summed E-state index contributed by atoms with van der Waals surface area (Å²) < 4.78 is 11.1. The normalized spacial score (nSPS) is 11.6. The summed E-state index contributed by atoms with van der Waals surface area (Å²) in [6.07, 6.45) is 1.57. The lowest BCUT2D eigenvalue weighted by atomic mass is 9.95. The Morgan fingerprint density at radius 3 is 2.57 bits per heavy atom. The molecule has 0 heterocycles. The lowest BCUT2D eigenvalue weighted by molar-refractivity contribution is 0.304. The van der Waals surface area contributed by atoms with Crippen LogP contribution in [0.3, 0.4) is 0 Å². The fraction of sp³-hybridized carbons (Fsp3) is 0.350. The van der Waals surface area contributed by atoms with Crippen molar-refractivity contribution in [1.29, 1.82) is 5.26 Å². The van der Waals surface area contributed by atoms with Gasteiger partial charge >= 0.3 is 0 Å². The van der Waals surface area contributed by atoms with Crippen LogP contribution in [0.5, 0.6) is 11.5 Å². The van der Waals surface area contributed by atoms with E-state index < -0.39 is 0 Å².